The third-order valence-electron chi connectivity index (χ3n) is 3.86. The van der Waals surface area contributed by atoms with Crippen LogP contribution in [0, 0.1) is 6.92 Å². The molecule has 162 valence electrons. The summed E-state index contributed by atoms with van der Waals surface area (Å²) in [5, 5.41) is 8.58. The minimum atomic E-state index is -0.118. The summed E-state index contributed by atoms with van der Waals surface area (Å²) in [7, 11) is 0. The van der Waals surface area contributed by atoms with Gasteiger partial charge in [-0.25, -0.2) is 15.0 Å². The van der Waals surface area contributed by atoms with E-state index in [1.54, 1.807) is 18.8 Å². The molecule has 0 aliphatic carbocycles. The summed E-state index contributed by atoms with van der Waals surface area (Å²) in [6, 6.07) is 0. The Bertz CT molecular complexity index is 772. The van der Waals surface area contributed by atoms with E-state index in [2.05, 4.69) is 42.6 Å². The first-order chi connectivity index (χ1) is 13.7. The molecule has 0 unspecified atom stereocenters. The fourth-order valence-corrected chi connectivity index (χ4v) is 1.99. The van der Waals surface area contributed by atoms with E-state index in [1.807, 2.05) is 20.8 Å². The molecule has 0 saturated carbocycles. The Morgan fingerprint density at radius 2 is 1.17 bits per heavy atom. The summed E-state index contributed by atoms with van der Waals surface area (Å²) in [5.74, 6) is 3.02. The van der Waals surface area contributed by atoms with E-state index in [9.17, 15) is 0 Å². The lowest BCUT2D eigenvalue weighted by Gasteiger charge is -1.93. The molecule has 0 fully saturated rings. The van der Waals surface area contributed by atoms with Crippen LogP contribution in [0.5, 0.6) is 0 Å². The molecule has 8 nitrogen and oxygen atoms in total. The molecular formula is C21H34N4O4. The second kappa shape index (κ2) is 12.2. The lowest BCUT2D eigenvalue weighted by atomic mass is 10.2. The van der Waals surface area contributed by atoms with E-state index in [0.717, 1.165) is 23.0 Å². The van der Waals surface area contributed by atoms with Gasteiger partial charge in [0.25, 0.3) is 0 Å². The van der Waals surface area contributed by atoms with Crippen molar-refractivity contribution >= 4 is 0 Å². The van der Waals surface area contributed by atoms with E-state index >= 15 is 0 Å². The number of nitrogens with two attached hydrogens (primary N) is 1. The Morgan fingerprint density at radius 3 is 1.41 bits per heavy atom. The van der Waals surface area contributed by atoms with Crippen LogP contribution in [0.2, 0.25) is 0 Å². The molecule has 0 aliphatic rings. The number of aryl methyl sites for hydroxylation is 1. The van der Waals surface area contributed by atoms with Crippen molar-refractivity contribution in [2.75, 3.05) is 0 Å². The molecule has 3 aromatic rings. The standard InChI is InChI=1S/C7H12N2O.C7H11NO2.C7H11NO/c1-5(2)6-4-10-7(3-8)9-6;1-5(2)6-4-10-7(3-9)8-6;1-5(2)7-4-9-6(3)8-7/h4-5H,3,8H2,1-2H3;4-5,9H,3H2,1-2H3;4-5H,1-3H3. The average molecular weight is 407 g/mol. The number of aromatic nitrogens is 3. The largest absolute Gasteiger partial charge is 0.449 e. The van der Waals surface area contributed by atoms with Gasteiger partial charge in [-0.15, -0.1) is 0 Å². The lowest BCUT2D eigenvalue weighted by molar-refractivity contribution is 0.240. The smallest absolute Gasteiger partial charge is 0.219 e. The molecule has 0 spiro atoms. The molecule has 0 bridgehead atoms. The van der Waals surface area contributed by atoms with Crippen LogP contribution in [0.3, 0.4) is 0 Å². The van der Waals surface area contributed by atoms with E-state index in [4.69, 9.17) is 24.1 Å². The van der Waals surface area contributed by atoms with Crippen molar-refractivity contribution in [3.8, 4) is 0 Å². The maximum absolute atomic E-state index is 8.58. The zero-order valence-corrected chi connectivity index (χ0v) is 18.5. The van der Waals surface area contributed by atoms with Gasteiger partial charge in [-0.3, -0.25) is 0 Å². The first-order valence-electron chi connectivity index (χ1n) is 9.79. The van der Waals surface area contributed by atoms with Crippen LogP contribution >= 0.6 is 0 Å². The highest BCUT2D eigenvalue weighted by atomic mass is 16.4. The minimum absolute atomic E-state index is 0.118. The first kappa shape index (κ1) is 24.6. The van der Waals surface area contributed by atoms with Gasteiger partial charge in [0.15, 0.2) is 5.89 Å². The van der Waals surface area contributed by atoms with Crippen LogP contribution in [0.15, 0.2) is 32.0 Å². The molecule has 0 aliphatic heterocycles. The topological polar surface area (TPSA) is 124 Å². The summed E-state index contributed by atoms with van der Waals surface area (Å²) < 4.78 is 15.0. The predicted octanol–water partition coefficient (Wildman–Crippen LogP) is 4.65. The van der Waals surface area contributed by atoms with Crippen molar-refractivity contribution in [3.05, 3.63) is 53.5 Å². The second-order valence-electron chi connectivity index (χ2n) is 7.45. The van der Waals surface area contributed by atoms with Crippen molar-refractivity contribution in [1.29, 1.82) is 0 Å². The maximum atomic E-state index is 8.58. The highest BCUT2D eigenvalue weighted by Crippen LogP contribution is 2.13. The highest BCUT2D eigenvalue weighted by Gasteiger charge is 2.05. The van der Waals surface area contributed by atoms with Gasteiger partial charge in [-0.2, -0.15) is 0 Å². The molecule has 3 rings (SSSR count). The van der Waals surface area contributed by atoms with E-state index in [1.165, 1.54) is 0 Å². The number of nitrogens with zero attached hydrogens (tertiary/aromatic N) is 3. The normalized spacial score (nSPS) is 10.8. The maximum Gasteiger partial charge on any atom is 0.219 e. The molecular weight excluding hydrogens is 372 g/mol. The lowest BCUT2D eigenvalue weighted by Crippen LogP contribution is -1.96. The second-order valence-corrected chi connectivity index (χ2v) is 7.45. The molecule has 0 amide bonds. The third kappa shape index (κ3) is 8.62. The third-order valence-corrected chi connectivity index (χ3v) is 3.86. The van der Waals surface area contributed by atoms with Crippen LogP contribution in [-0.4, -0.2) is 20.1 Å². The summed E-state index contributed by atoms with van der Waals surface area (Å²) in [6.45, 7) is 14.5. The Kier molecular flexibility index (Phi) is 10.3. The fourth-order valence-electron chi connectivity index (χ4n) is 1.99. The summed E-state index contributed by atoms with van der Waals surface area (Å²) in [5.41, 5.74) is 8.21. The van der Waals surface area contributed by atoms with E-state index < -0.39 is 0 Å². The minimum Gasteiger partial charge on any atom is -0.449 e. The van der Waals surface area contributed by atoms with Crippen molar-refractivity contribution in [1.82, 2.24) is 15.0 Å². The highest BCUT2D eigenvalue weighted by molar-refractivity contribution is 5.02. The predicted molar refractivity (Wildman–Crippen MR) is 110 cm³/mol. The van der Waals surface area contributed by atoms with Gasteiger partial charge >= 0.3 is 0 Å². The molecule has 8 heteroatoms. The number of aliphatic hydroxyl groups is 1. The Hall–Kier alpha value is -2.45. The number of rotatable bonds is 5. The monoisotopic (exact) mass is 406 g/mol. The SMILES string of the molecule is CC(C)c1coc(CN)n1.CC(C)c1coc(CO)n1.Cc1nc(C(C)C)co1. The molecule has 0 aromatic carbocycles. The van der Waals surface area contributed by atoms with Gasteiger partial charge in [-0.05, 0) is 17.8 Å². The molecule has 29 heavy (non-hydrogen) atoms. The molecule has 3 aromatic heterocycles. The van der Waals surface area contributed by atoms with Crippen LogP contribution in [-0.2, 0) is 13.2 Å². The van der Waals surface area contributed by atoms with Crippen molar-refractivity contribution < 1.29 is 18.4 Å². The molecule has 0 radical (unpaired) electrons. The summed E-state index contributed by atoms with van der Waals surface area (Å²) in [4.78, 5) is 12.3. The zero-order valence-electron chi connectivity index (χ0n) is 18.5. The quantitative estimate of drug-likeness (QED) is 0.627. The number of aliphatic hydroxyl groups excluding tert-OH is 1. The van der Waals surface area contributed by atoms with Crippen molar-refractivity contribution in [2.45, 2.75) is 79.4 Å². The van der Waals surface area contributed by atoms with Crippen LogP contribution in [0.1, 0.15) is 94.1 Å². The van der Waals surface area contributed by atoms with Gasteiger partial charge in [0.05, 0.1) is 23.6 Å². The Labute approximate surface area is 172 Å². The van der Waals surface area contributed by atoms with E-state index in [-0.39, 0.29) is 6.61 Å². The van der Waals surface area contributed by atoms with Gasteiger partial charge in [0.2, 0.25) is 11.8 Å². The van der Waals surface area contributed by atoms with Gasteiger partial charge in [0.1, 0.15) is 25.4 Å². The van der Waals surface area contributed by atoms with Crippen LogP contribution in [0.4, 0.5) is 0 Å². The average Bonchev–Trinajstić information content (AvgIpc) is 3.42. The number of hydrogen-bond donors (Lipinski definition) is 2. The van der Waals surface area contributed by atoms with Crippen molar-refractivity contribution in [3.63, 3.8) is 0 Å². The summed E-state index contributed by atoms with van der Waals surface area (Å²) in [6.07, 6.45) is 4.95. The molecule has 3 heterocycles. The fraction of sp³-hybridized carbons (Fsp3) is 0.571. The summed E-state index contributed by atoms with van der Waals surface area (Å²) >= 11 is 0. The van der Waals surface area contributed by atoms with Crippen LogP contribution in [0.25, 0.3) is 0 Å². The van der Waals surface area contributed by atoms with E-state index in [0.29, 0.717) is 36.1 Å². The molecule has 3 N–H and O–H groups in total. The van der Waals surface area contributed by atoms with Gasteiger partial charge in [0, 0.05) is 6.92 Å². The van der Waals surface area contributed by atoms with Gasteiger partial charge < -0.3 is 24.1 Å². The Morgan fingerprint density at radius 1 is 0.759 bits per heavy atom. The number of oxazole rings is 3. The van der Waals surface area contributed by atoms with Gasteiger partial charge in [-0.1, -0.05) is 41.5 Å². The number of hydrogen-bond acceptors (Lipinski definition) is 8. The Balaban J connectivity index is 0.000000218. The first-order valence-corrected chi connectivity index (χ1v) is 9.79. The molecule has 0 atom stereocenters. The van der Waals surface area contributed by atoms with Crippen LogP contribution < -0.4 is 5.73 Å². The zero-order chi connectivity index (χ0) is 22.0. The van der Waals surface area contributed by atoms with Crippen molar-refractivity contribution in [2.24, 2.45) is 5.73 Å². The molecule has 0 saturated heterocycles.